The molecule has 0 aliphatic heterocycles. The molecule has 0 aromatic carbocycles. The van der Waals surface area contributed by atoms with Crippen LogP contribution in [0.4, 0.5) is 0 Å². The third kappa shape index (κ3) is 4.90. The first-order valence-electron chi connectivity index (χ1n) is 5.47. The Bertz CT molecular complexity index is 209. The normalized spacial score (nSPS) is 10.4. The van der Waals surface area contributed by atoms with Crippen LogP contribution >= 0.6 is 0 Å². The van der Waals surface area contributed by atoms with E-state index in [2.05, 4.69) is 23.3 Å². The van der Waals surface area contributed by atoms with E-state index in [0.717, 1.165) is 18.8 Å². The molecule has 1 rings (SSSR count). The molecule has 3 heteroatoms. The topological polar surface area (TPSA) is 37.9 Å². The van der Waals surface area contributed by atoms with E-state index in [1.165, 1.54) is 32.1 Å². The molecule has 1 aromatic rings. The highest BCUT2D eigenvalue weighted by Crippen LogP contribution is 2.07. The number of ether oxygens (including phenoxy) is 1. The molecule has 0 aliphatic carbocycles. The van der Waals surface area contributed by atoms with Gasteiger partial charge in [-0.05, 0) is 6.42 Å². The van der Waals surface area contributed by atoms with Crippen LogP contribution in [-0.4, -0.2) is 16.8 Å². The molecule has 1 aromatic heterocycles. The van der Waals surface area contributed by atoms with Crippen LogP contribution in [0, 0.1) is 6.20 Å². The van der Waals surface area contributed by atoms with Crippen molar-refractivity contribution in [2.75, 3.05) is 6.61 Å². The van der Waals surface area contributed by atoms with Crippen molar-refractivity contribution in [3.05, 3.63) is 12.4 Å². The van der Waals surface area contributed by atoms with Gasteiger partial charge >= 0.3 is 0 Å². The van der Waals surface area contributed by atoms with E-state index in [0.29, 0.717) is 0 Å². The lowest BCUT2D eigenvalue weighted by molar-refractivity contribution is 0.304. The molecule has 0 spiro atoms. The summed E-state index contributed by atoms with van der Waals surface area (Å²) in [4.78, 5) is 0. The van der Waals surface area contributed by atoms with Crippen LogP contribution < -0.4 is 4.74 Å². The van der Waals surface area contributed by atoms with Crippen molar-refractivity contribution in [2.45, 2.75) is 45.4 Å². The monoisotopic (exact) mass is 195 g/mol. The van der Waals surface area contributed by atoms with Gasteiger partial charge in [0.1, 0.15) is 0 Å². The molecule has 79 valence electrons. The fourth-order valence-electron chi connectivity index (χ4n) is 1.35. The van der Waals surface area contributed by atoms with Gasteiger partial charge in [-0.2, -0.15) is 5.10 Å². The number of nitrogens with zero attached hydrogens (tertiary/aromatic N) is 1. The predicted molar refractivity (Wildman–Crippen MR) is 56.3 cm³/mol. The Morgan fingerprint density at radius 1 is 1.29 bits per heavy atom. The molecule has 0 saturated heterocycles. The Morgan fingerprint density at radius 3 is 2.79 bits per heavy atom. The number of unbranched alkanes of at least 4 members (excludes halogenated alkanes) is 5. The van der Waals surface area contributed by atoms with Crippen LogP contribution in [0.25, 0.3) is 0 Å². The summed E-state index contributed by atoms with van der Waals surface area (Å²) in [5.41, 5.74) is 0. The van der Waals surface area contributed by atoms with Gasteiger partial charge in [0.15, 0.2) is 11.9 Å². The van der Waals surface area contributed by atoms with E-state index in [-0.39, 0.29) is 0 Å². The minimum atomic E-state index is 0.721. The van der Waals surface area contributed by atoms with E-state index in [1.807, 2.05) is 0 Å². The first kappa shape index (κ1) is 11.1. The predicted octanol–water partition coefficient (Wildman–Crippen LogP) is 2.95. The van der Waals surface area contributed by atoms with Crippen molar-refractivity contribution in [1.29, 1.82) is 0 Å². The highest BCUT2D eigenvalue weighted by Gasteiger charge is 1.94. The first-order chi connectivity index (χ1) is 6.93. The molecule has 1 heterocycles. The van der Waals surface area contributed by atoms with Crippen molar-refractivity contribution in [3.8, 4) is 5.75 Å². The second kappa shape index (κ2) is 7.42. The van der Waals surface area contributed by atoms with Crippen molar-refractivity contribution < 1.29 is 4.74 Å². The van der Waals surface area contributed by atoms with Crippen molar-refractivity contribution in [1.82, 2.24) is 10.2 Å². The van der Waals surface area contributed by atoms with Crippen LogP contribution in [0.15, 0.2) is 6.20 Å². The molecule has 0 aliphatic rings. The Kier molecular flexibility index (Phi) is 5.87. The number of hydrogen-bond acceptors (Lipinski definition) is 2. The molecule has 0 bridgehead atoms. The summed E-state index contributed by atoms with van der Waals surface area (Å²) < 4.78 is 5.40. The molecule has 0 amide bonds. The Morgan fingerprint density at radius 2 is 2.07 bits per heavy atom. The highest BCUT2D eigenvalue weighted by atomic mass is 16.5. The molecule has 3 nitrogen and oxygen atoms in total. The Hall–Kier alpha value is -0.990. The molecule has 1 radical (unpaired) electrons. The van der Waals surface area contributed by atoms with Gasteiger partial charge in [-0.25, -0.2) is 0 Å². The zero-order chi connectivity index (χ0) is 10.1. The summed E-state index contributed by atoms with van der Waals surface area (Å²) >= 11 is 0. The lowest BCUT2D eigenvalue weighted by Crippen LogP contribution is -1.96. The fourth-order valence-corrected chi connectivity index (χ4v) is 1.35. The van der Waals surface area contributed by atoms with E-state index in [9.17, 15) is 0 Å². The van der Waals surface area contributed by atoms with Crippen LogP contribution in [0.5, 0.6) is 5.75 Å². The zero-order valence-electron chi connectivity index (χ0n) is 8.88. The third-order valence-electron chi connectivity index (χ3n) is 2.18. The van der Waals surface area contributed by atoms with Crippen LogP contribution in [0.1, 0.15) is 45.4 Å². The van der Waals surface area contributed by atoms with E-state index in [1.54, 1.807) is 6.20 Å². The molecule has 0 fully saturated rings. The second-order valence-electron chi connectivity index (χ2n) is 3.48. The summed E-state index contributed by atoms with van der Waals surface area (Å²) in [6.07, 6.45) is 12.2. The first-order valence-corrected chi connectivity index (χ1v) is 5.47. The minimum Gasteiger partial charge on any atom is -0.490 e. The Balaban J connectivity index is 1.85. The molecule has 0 saturated carbocycles. The summed E-state index contributed by atoms with van der Waals surface area (Å²) in [7, 11) is 0. The maximum Gasteiger partial charge on any atom is 0.166 e. The lowest BCUT2D eigenvalue weighted by Gasteiger charge is -2.02. The number of hydrogen-bond donors (Lipinski definition) is 1. The van der Waals surface area contributed by atoms with Crippen LogP contribution in [0.2, 0.25) is 0 Å². The minimum absolute atomic E-state index is 0.721. The number of aromatic nitrogens is 2. The van der Waals surface area contributed by atoms with Gasteiger partial charge in [0.25, 0.3) is 0 Å². The molecule has 14 heavy (non-hydrogen) atoms. The van der Waals surface area contributed by atoms with Crippen molar-refractivity contribution in [2.24, 2.45) is 0 Å². The molecule has 1 N–H and O–H groups in total. The summed E-state index contributed by atoms with van der Waals surface area (Å²) in [5, 5.41) is 6.35. The van der Waals surface area contributed by atoms with E-state index < -0.39 is 0 Å². The largest absolute Gasteiger partial charge is 0.490 e. The van der Waals surface area contributed by atoms with Crippen LogP contribution in [0.3, 0.4) is 0 Å². The number of aromatic amines is 1. The van der Waals surface area contributed by atoms with Gasteiger partial charge < -0.3 is 4.74 Å². The van der Waals surface area contributed by atoms with E-state index >= 15 is 0 Å². The van der Waals surface area contributed by atoms with Crippen molar-refractivity contribution in [3.63, 3.8) is 0 Å². The number of nitrogens with one attached hydrogen (secondary N) is 1. The zero-order valence-corrected chi connectivity index (χ0v) is 8.88. The van der Waals surface area contributed by atoms with Gasteiger partial charge in [0.05, 0.1) is 12.8 Å². The molecular weight excluding hydrogens is 176 g/mol. The van der Waals surface area contributed by atoms with Gasteiger partial charge in [-0.15, -0.1) is 0 Å². The van der Waals surface area contributed by atoms with E-state index in [4.69, 9.17) is 4.74 Å². The standard InChI is InChI=1S/C11H19N2O/c1-2-3-4-5-6-7-8-14-11-9-12-13-10-11/h9H,2-8H2,1H3,(H,12,13). The number of rotatable bonds is 8. The van der Waals surface area contributed by atoms with Gasteiger partial charge in [-0.1, -0.05) is 39.0 Å². The molecule has 0 unspecified atom stereocenters. The highest BCUT2D eigenvalue weighted by molar-refractivity contribution is 5.07. The molecule has 0 atom stereocenters. The average Bonchev–Trinajstić information content (AvgIpc) is 2.69. The average molecular weight is 195 g/mol. The van der Waals surface area contributed by atoms with Crippen molar-refractivity contribution >= 4 is 0 Å². The second-order valence-corrected chi connectivity index (χ2v) is 3.48. The maximum absolute atomic E-state index is 5.40. The summed E-state index contributed by atoms with van der Waals surface area (Å²) in [6.45, 7) is 3.01. The smallest absolute Gasteiger partial charge is 0.166 e. The summed E-state index contributed by atoms with van der Waals surface area (Å²) in [5.74, 6) is 0.721. The number of H-pyrrole nitrogens is 1. The molecular formula is C11H19N2O. The van der Waals surface area contributed by atoms with Gasteiger partial charge in [0, 0.05) is 0 Å². The summed E-state index contributed by atoms with van der Waals surface area (Å²) in [6, 6.07) is 0. The Labute approximate surface area is 85.9 Å². The SMILES string of the molecule is CCCCCCCCOc1[c]n[nH]c1. The quantitative estimate of drug-likeness (QED) is 0.647. The van der Waals surface area contributed by atoms with Crippen LogP contribution in [-0.2, 0) is 0 Å². The van der Waals surface area contributed by atoms with Gasteiger partial charge in [0.2, 0.25) is 0 Å². The lowest BCUT2D eigenvalue weighted by atomic mass is 10.1. The maximum atomic E-state index is 5.40. The fraction of sp³-hybridized carbons (Fsp3) is 0.727. The van der Waals surface area contributed by atoms with Gasteiger partial charge in [-0.3, -0.25) is 5.10 Å². The third-order valence-corrected chi connectivity index (χ3v) is 2.18.